The Kier molecular flexibility index (Phi) is 3.02. The van der Waals surface area contributed by atoms with E-state index in [-0.39, 0.29) is 0 Å². The van der Waals surface area contributed by atoms with Crippen molar-refractivity contribution in [1.82, 2.24) is 15.0 Å². The van der Waals surface area contributed by atoms with Crippen LogP contribution >= 0.6 is 0 Å². The Morgan fingerprint density at radius 1 is 0.950 bits per heavy atom. The van der Waals surface area contributed by atoms with Crippen molar-refractivity contribution in [2.45, 2.75) is 51.4 Å². The summed E-state index contributed by atoms with van der Waals surface area (Å²) in [5.41, 5.74) is 5.65. The minimum atomic E-state index is 0.598. The molecule has 0 amide bonds. The number of nitrogens with two attached hydrogens (primary N) is 1. The summed E-state index contributed by atoms with van der Waals surface area (Å²) in [6.07, 6.45) is 7.91. The largest absolute Gasteiger partial charge is 0.330 e. The molecule has 4 aliphatic rings. The van der Waals surface area contributed by atoms with Crippen LogP contribution in [0, 0.1) is 30.6 Å². The third kappa shape index (κ3) is 2.05. The van der Waals surface area contributed by atoms with Crippen LogP contribution in [-0.4, -0.2) is 21.5 Å². The van der Waals surface area contributed by atoms with Gasteiger partial charge in [0.25, 0.3) is 0 Å². The molecule has 4 aliphatic carbocycles. The summed E-state index contributed by atoms with van der Waals surface area (Å²) < 4.78 is 0. The van der Waals surface area contributed by atoms with Crippen molar-refractivity contribution >= 4 is 0 Å². The van der Waals surface area contributed by atoms with Gasteiger partial charge < -0.3 is 5.73 Å². The predicted octanol–water partition coefficient (Wildman–Crippen LogP) is 2.22. The monoisotopic (exact) mass is 272 g/mol. The van der Waals surface area contributed by atoms with Crippen molar-refractivity contribution in [1.29, 1.82) is 0 Å². The number of aromatic nitrogens is 3. The highest BCUT2D eigenvalue weighted by Crippen LogP contribution is 2.59. The van der Waals surface area contributed by atoms with Gasteiger partial charge in [-0.15, -0.1) is 0 Å². The smallest absolute Gasteiger partial charge is 0.136 e. The summed E-state index contributed by atoms with van der Waals surface area (Å²) in [4.78, 5) is 13.9. The summed E-state index contributed by atoms with van der Waals surface area (Å²) >= 11 is 0. The SMILES string of the molecule is Cc1nc(CCN)nc(C2C3CC4CC(C3)CC2C4)n1. The molecule has 4 nitrogen and oxygen atoms in total. The highest BCUT2D eigenvalue weighted by Gasteiger charge is 2.49. The van der Waals surface area contributed by atoms with Crippen molar-refractivity contribution in [2.75, 3.05) is 6.54 Å². The van der Waals surface area contributed by atoms with Gasteiger partial charge in [-0.1, -0.05) is 0 Å². The molecule has 4 fully saturated rings. The lowest BCUT2D eigenvalue weighted by molar-refractivity contribution is -0.00585. The molecule has 0 aromatic carbocycles. The molecule has 20 heavy (non-hydrogen) atoms. The summed E-state index contributed by atoms with van der Waals surface area (Å²) in [5.74, 6) is 7.10. The van der Waals surface area contributed by atoms with Gasteiger partial charge >= 0.3 is 0 Å². The summed E-state index contributed by atoms with van der Waals surface area (Å²) in [6, 6.07) is 0. The zero-order valence-corrected chi connectivity index (χ0v) is 12.3. The first-order valence-electron chi connectivity index (χ1n) is 8.14. The molecule has 4 bridgehead atoms. The maximum atomic E-state index is 5.65. The van der Waals surface area contributed by atoms with Crippen LogP contribution in [-0.2, 0) is 6.42 Å². The zero-order valence-electron chi connectivity index (χ0n) is 12.3. The van der Waals surface area contributed by atoms with Crippen LogP contribution in [0.4, 0.5) is 0 Å². The Hall–Kier alpha value is -1.03. The van der Waals surface area contributed by atoms with Crippen molar-refractivity contribution in [2.24, 2.45) is 29.4 Å². The molecular weight excluding hydrogens is 248 g/mol. The van der Waals surface area contributed by atoms with E-state index in [9.17, 15) is 0 Å². The van der Waals surface area contributed by atoms with E-state index in [1.165, 1.54) is 32.1 Å². The molecule has 4 saturated carbocycles. The topological polar surface area (TPSA) is 64.7 Å². The molecule has 1 aromatic heterocycles. The van der Waals surface area contributed by atoms with E-state index in [4.69, 9.17) is 15.7 Å². The normalized spacial score (nSPS) is 38.4. The highest BCUT2D eigenvalue weighted by molar-refractivity contribution is 5.12. The fraction of sp³-hybridized carbons (Fsp3) is 0.812. The number of aryl methyl sites for hydroxylation is 1. The molecule has 0 radical (unpaired) electrons. The Morgan fingerprint density at radius 2 is 1.60 bits per heavy atom. The number of hydrogen-bond donors (Lipinski definition) is 1. The number of hydrogen-bond acceptors (Lipinski definition) is 4. The van der Waals surface area contributed by atoms with Gasteiger partial charge in [-0.3, -0.25) is 0 Å². The van der Waals surface area contributed by atoms with E-state index in [1.807, 2.05) is 6.92 Å². The van der Waals surface area contributed by atoms with E-state index in [0.29, 0.717) is 12.5 Å². The van der Waals surface area contributed by atoms with E-state index in [0.717, 1.165) is 47.6 Å². The molecule has 4 heteroatoms. The molecule has 0 aliphatic heterocycles. The maximum absolute atomic E-state index is 5.65. The Balaban J connectivity index is 1.67. The molecule has 0 atom stereocenters. The molecular formula is C16H24N4. The first kappa shape index (κ1) is 12.7. The third-order valence-corrected chi connectivity index (χ3v) is 5.70. The minimum absolute atomic E-state index is 0.598. The molecule has 1 heterocycles. The number of rotatable bonds is 3. The predicted molar refractivity (Wildman–Crippen MR) is 77.1 cm³/mol. The van der Waals surface area contributed by atoms with E-state index in [1.54, 1.807) is 0 Å². The van der Waals surface area contributed by atoms with Crippen LogP contribution in [0.3, 0.4) is 0 Å². The Morgan fingerprint density at radius 3 is 2.20 bits per heavy atom. The second-order valence-corrected chi connectivity index (χ2v) is 7.15. The van der Waals surface area contributed by atoms with Gasteiger partial charge in [0.05, 0.1) is 0 Å². The van der Waals surface area contributed by atoms with Gasteiger partial charge in [-0.2, -0.15) is 0 Å². The van der Waals surface area contributed by atoms with Gasteiger partial charge in [0.1, 0.15) is 17.5 Å². The second-order valence-electron chi connectivity index (χ2n) is 7.15. The van der Waals surface area contributed by atoms with Crippen molar-refractivity contribution < 1.29 is 0 Å². The fourth-order valence-electron chi connectivity index (χ4n) is 5.30. The lowest BCUT2D eigenvalue weighted by Gasteiger charge is -2.53. The zero-order chi connectivity index (χ0) is 13.7. The van der Waals surface area contributed by atoms with Crippen LogP contribution in [0.25, 0.3) is 0 Å². The summed E-state index contributed by atoms with van der Waals surface area (Å²) in [6.45, 7) is 2.60. The Bertz CT molecular complexity index is 485. The van der Waals surface area contributed by atoms with Crippen LogP contribution in [0.1, 0.15) is 55.5 Å². The molecule has 5 rings (SSSR count). The van der Waals surface area contributed by atoms with Gasteiger partial charge in [0.2, 0.25) is 0 Å². The minimum Gasteiger partial charge on any atom is -0.330 e. The van der Waals surface area contributed by atoms with E-state index in [2.05, 4.69) is 4.98 Å². The summed E-state index contributed by atoms with van der Waals surface area (Å²) in [7, 11) is 0. The fourth-order valence-corrected chi connectivity index (χ4v) is 5.30. The molecule has 0 saturated heterocycles. The molecule has 108 valence electrons. The average molecular weight is 272 g/mol. The lowest BCUT2D eigenvalue weighted by atomic mass is 9.51. The van der Waals surface area contributed by atoms with Crippen molar-refractivity contribution in [3.05, 3.63) is 17.5 Å². The van der Waals surface area contributed by atoms with Gasteiger partial charge in [-0.05, 0) is 69.2 Å². The van der Waals surface area contributed by atoms with Crippen LogP contribution < -0.4 is 5.73 Å². The Labute approximate surface area is 120 Å². The van der Waals surface area contributed by atoms with Crippen molar-refractivity contribution in [3.63, 3.8) is 0 Å². The van der Waals surface area contributed by atoms with Crippen LogP contribution in [0.5, 0.6) is 0 Å². The lowest BCUT2D eigenvalue weighted by Crippen LogP contribution is -2.44. The van der Waals surface area contributed by atoms with Gasteiger partial charge in [-0.25, -0.2) is 15.0 Å². The number of nitrogens with zero attached hydrogens (tertiary/aromatic N) is 3. The second kappa shape index (κ2) is 4.76. The van der Waals surface area contributed by atoms with Gasteiger partial charge in [0.15, 0.2) is 0 Å². The van der Waals surface area contributed by atoms with E-state index < -0.39 is 0 Å². The molecule has 0 spiro atoms. The van der Waals surface area contributed by atoms with E-state index >= 15 is 0 Å². The molecule has 2 N–H and O–H groups in total. The van der Waals surface area contributed by atoms with Crippen LogP contribution in [0.15, 0.2) is 0 Å². The van der Waals surface area contributed by atoms with Gasteiger partial charge in [0, 0.05) is 12.3 Å². The third-order valence-electron chi connectivity index (χ3n) is 5.70. The van der Waals surface area contributed by atoms with Crippen molar-refractivity contribution in [3.8, 4) is 0 Å². The summed E-state index contributed by atoms with van der Waals surface area (Å²) in [5, 5.41) is 0. The molecule has 0 unspecified atom stereocenters. The molecule has 1 aromatic rings. The van der Waals surface area contributed by atoms with Crippen LogP contribution in [0.2, 0.25) is 0 Å². The highest BCUT2D eigenvalue weighted by atomic mass is 15.0. The average Bonchev–Trinajstić information content (AvgIpc) is 2.37. The first-order valence-corrected chi connectivity index (χ1v) is 8.14. The maximum Gasteiger partial charge on any atom is 0.136 e. The quantitative estimate of drug-likeness (QED) is 0.916. The standard InChI is InChI=1S/C16H24N4/c1-9-18-14(2-3-17)20-16(19-9)15-12-5-10-4-11(7-12)8-13(15)6-10/h10-13,15H,2-8,17H2,1H3. The first-order chi connectivity index (χ1) is 9.72.